The Morgan fingerprint density at radius 1 is 0.420 bits per heavy atom. The molecule has 0 aliphatic heterocycles. The van der Waals surface area contributed by atoms with Crippen LogP contribution in [0.5, 0.6) is 5.75 Å². The van der Waals surface area contributed by atoms with E-state index in [1.54, 1.807) is 0 Å². The number of benzene rings is 7. The predicted molar refractivity (Wildman–Crippen MR) is 272 cm³/mol. The Balaban J connectivity index is 0.00000440. The van der Waals surface area contributed by atoms with Gasteiger partial charge in [-0.1, -0.05) is 0 Å². The first-order valence-corrected chi connectivity index (χ1v) is 30.3. The van der Waals surface area contributed by atoms with Crippen LogP contribution in [0.3, 0.4) is 0 Å². The van der Waals surface area contributed by atoms with Crippen LogP contribution < -0.4 is 188 Å². The molecule has 43 heteroatoms. The molecule has 0 unspecified atom stereocenters. The first-order chi connectivity index (χ1) is 38.1. The van der Waals surface area contributed by atoms with Crippen LogP contribution in [-0.2, 0) is 67.1 Å². The topological polar surface area (TPSA) is 521 Å². The summed E-state index contributed by atoms with van der Waals surface area (Å²) in [5, 5.41) is 44.9. The summed E-state index contributed by atoms with van der Waals surface area (Å²) in [4.78, 5) is 21.2. The second-order valence-electron chi connectivity index (χ2n) is 16.6. The molecule has 3 N–H and O–H groups in total. The van der Waals surface area contributed by atoms with Gasteiger partial charge in [0.1, 0.15) is 83.5 Å². The van der Waals surface area contributed by atoms with E-state index in [-0.39, 0.29) is 233 Å². The summed E-state index contributed by atoms with van der Waals surface area (Å²) in [7, 11) is -31.5. The maximum absolute atomic E-state index is 13.7. The van der Waals surface area contributed by atoms with Crippen molar-refractivity contribution in [1.29, 1.82) is 0 Å². The molecule has 0 spiro atoms. The summed E-state index contributed by atoms with van der Waals surface area (Å²) in [5.41, 5.74) is -4.73. The molecular formula is C45H26N10Na6O21S6. The number of Topliss-reactive ketones (excluding diaryl/α,β-unsaturated/α-hetero) is 1. The van der Waals surface area contributed by atoms with Gasteiger partial charge in [0, 0.05) is 28.7 Å². The van der Waals surface area contributed by atoms with Crippen molar-refractivity contribution in [3.8, 4) is 5.75 Å². The van der Waals surface area contributed by atoms with Gasteiger partial charge in [0.25, 0.3) is 0 Å². The van der Waals surface area contributed by atoms with Crippen LogP contribution in [0.2, 0.25) is 0 Å². The second kappa shape index (κ2) is 32.3. The molecule has 0 bridgehead atoms. The zero-order chi connectivity index (χ0) is 59.9. The van der Waals surface area contributed by atoms with Crippen molar-refractivity contribution in [2.45, 2.75) is 30.9 Å². The number of ketones is 1. The Morgan fingerprint density at radius 2 is 0.830 bits per heavy atom. The molecule has 0 saturated carbocycles. The number of hydrogen-bond donors (Lipinski definition) is 3. The number of urea groups is 1. The number of allylic oxidation sites excluding steroid dienone is 2. The van der Waals surface area contributed by atoms with Crippen molar-refractivity contribution in [1.82, 2.24) is 0 Å². The van der Waals surface area contributed by atoms with Crippen LogP contribution in [0.15, 0.2) is 203 Å². The number of hydrogen-bond acceptors (Lipinski definition) is 29. The smallest absolute Gasteiger partial charge is 0.744 e. The third kappa shape index (κ3) is 20.6. The van der Waals surface area contributed by atoms with E-state index in [9.17, 15) is 92.5 Å². The SMILES string of the molecule is O=C(Nc1ccc2c(c1)CC(S(=O)(=O)[O-])=C(N=Nc1ccc(N=Nc3ccc(S(=O)(=O)[O-])cc3)cc1S(=O)(=O)[O-])C2=O)Nc1ccc2c(O)c(N=Nc3ccc(N=Nc4ccc(S(=O)(=O)[O-])cc4)cc3S(=O)(=O)[O-])c(S(=O)(=O)[O-])cc2c1.[Na+].[Na+].[Na+].[Na+].[Na+].[Na+]. The van der Waals surface area contributed by atoms with Crippen LogP contribution in [0.1, 0.15) is 15.9 Å². The molecule has 0 heterocycles. The number of rotatable bonds is 16. The number of carbonyl (C=O) groups is 2. The number of nitrogens with one attached hydrogen (secondary N) is 2. The molecule has 31 nitrogen and oxygen atoms in total. The van der Waals surface area contributed by atoms with Crippen molar-refractivity contribution in [3.05, 3.63) is 149 Å². The standard InChI is InChI=1S/C45H32N10O21S6.6Na/c56-43-33-13-5-27(17-23(33)19-39(81(71,72)73)41(43)54-52-35-15-7-29(21-37(35)79(65,66)67)50-48-25-1-9-31(10-2-25)77(59,60)61)46-45(58)47-28-6-14-34-24(18-28)20-40(82(74,75)76)42(44(34)57)55-53-36-16-8-30(22-38(36)80(68,69)70)51-49-26-3-11-32(12-4-26)78(62,63)64;;;;;;/h1-19,21-22,56H,20H2,(H2,46,47,58)(H,59,60,61)(H,62,63,64)(H,65,66,67)(H,68,69,70)(H,71,72,73)(H,74,75,76);;;;;;/q;6*+1/p-6. The van der Waals surface area contributed by atoms with Gasteiger partial charge in [-0.25, -0.2) is 55.3 Å². The van der Waals surface area contributed by atoms with E-state index in [1.807, 2.05) is 0 Å². The average Bonchev–Trinajstić information content (AvgIpc) is 1.01. The molecule has 0 saturated heterocycles. The zero-order valence-corrected chi connectivity index (χ0v) is 62.9. The third-order valence-electron chi connectivity index (χ3n) is 11.1. The molecule has 424 valence electrons. The van der Waals surface area contributed by atoms with E-state index in [1.165, 1.54) is 6.07 Å². The molecule has 7 aromatic rings. The first-order valence-electron chi connectivity index (χ1n) is 21.8. The average molecular weight is 1370 g/mol. The summed E-state index contributed by atoms with van der Waals surface area (Å²) < 4.78 is 216. The van der Waals surface area contributed by atoms with Gasteiger partial charge in [-0.2, -0.15) is 20.5 Å². The van der Waals surface area contributed by atoms with Crippen LogP contribution >= 0.6 is 0 Å². The van der Waals surface area contributed by atoms with E-state index in [4.69, 9.17) is 0 Å². The largest absolute Gasteiger partial charge is 1.00 e. The molecular weight excluding hydrogens is 1350 g/mol. The van der Waals surface area contributed by atoms with Gasteiger partial charge in [0.15, 0.2) is 5.75 Å². The molecule has 2 amide bonds. The maximum atomic E-state index is 13.7. The number of aromatic hydroxyl groups is 1. The molecule has 1 aliphatic carbocycles. The molecule has 0 atom stereocenters. The molecule has 0 radical (unpaired) electrons. The van der Waals surface area contributed by atoms with Crippen molar-refractivity contribution in [2.75, 3.05) is 10.6 Å². The van der Waals surface area contributed by atoms with Crippen LogP contribution in [0, 0.1) is 0 Å². The van der Waals surface area contributed by atoms with Crippen molar-refractivity contribution < 1.29 is 270 Å². The number of fused-ring (bicyclic) bond motifs is 2. The molecule has 8 rings (SSSR count). The minimum absolute atomic E-state index is 0. The Morgan fingerprint density at radius 3 is 1.26 bits per heavy atom. The number of phenols is 1. The van der Waals surface area contributed by atoms with E-state index >= 15 is 0 Å². The van der Waals surface area contributed by atoms with Gasteiger partial charge < -0.3 is 43.1 Å². The maximum Gasteiger partial charge on any atom is 1.00 e. The fourth-order valence-corrected chi connectivity index (χ4v) is 10.9. The van der Waals surface area contributed by atoms with Gasteiger partial charge in [0.05, 0.1) is 52.1 Å². The summed E-state index contributed by atoms with van der Waals surface area (Å²) in [6.07, 6.45) is -0.827. The quantitative estimate of drug-likeness (QED) is 0.0459. The van der Waals surface area contributed by atoms with Crippen LogP contribution in [0.4, 0.5) is 56.0 Å². The van der Waals surface area contributed by atoms with Crippen molar-refractivity contribution in [2.24, 2.45) is 40.9 Å². The van der Waals surface area contributed by atoms with E-state index in [0.29, 0.717) is 12.1 Å². The predicted octanol–water partition coefficient (Wildman–Crippen LogP) is -10.7. The second-order valence-corrected chi connectivity index (χ2v) is 24.8. The Labute approximate surface area is 632 Å². The molecule has 7 aromatic carbocycles. The number of amides is 2. The fraction of sp³-hybridized carbons (Fsp3) is 0.0222. The van der Waals surface area contributed by atoms with Gasteiger partial charge in [-0.15, -0.1) is 20.5 Å². The summed E-state index contributed by atoms with van der Waals surface area (Å²) >= 11 is 0. The molecule has 1 aliphatic rings. The summed E-state index contributed by atoms with van der Waals surface area (Å²) in [6, 6.07) is 19.9. The Bertz CT molecular complexity index is 4780. The van der Waals surface area contributed by atoms with E-state index < -0.39 is 137 Å². The minimum atomic E-state index is -5.56. The fourth-order valence-electron chi connectivity index (χ4n) is 7.36. The summed E-state index contributed by atoms with van der Waals surface area (Å²) in [5.74, 6) is -2.21. The third-order valence-corrected chi connectivity index (χ3v) is 16.3. The molecule has 0 aromatic heterocycles. The minimum Gasteiger partial charge on any atom is -0.744 e. The number of carbonyl (C=O) groups excluding carboxylic acids is 2. The number of nitrogens with zero attached hydrogens (tertiary/aromatic N) is 8. The van der Waals surface area contributed by atoms with Gasteiger partial charge in [-0.3, -0.25) is 4.79 Å². The van der Waals surface area contributed by atoms with Crippen LogP contribution in [-0.4, -0.2) is 94.7 Å². The van der Waals surface area contributed by atoms with Gasteiger partial charge in [-0.05, 0) is 138 Å². The number of phenolic OH excluding ortho intramolecular Hbond substituents is 1. The van der Waals surface area contributed by atoms with Crippen molar-refractivity contribution in [3.63, 3.8) is 0 Å². The van der Waals surface area contributed by atoms with E-state index in [2.05, 4.69) is 51.5 Å². The summed E-state index contributed by atoms with van der Waals surface area (Å²) in [6.45, 7) is 0. The Hall–Kier alpha value is -2.86. The monoisotopic (exact) mass is 1370 g/mol. The van der Waals surface area contributed by atoms with E-state index in [0.717, 1.165) is 109 Å². The number of anilines is 2. The van der Waals surface area contributed by atoms with Crippen LogP contribution in [0.25, 0.3) is 10.8 Å². The first kappa shape index (κ1) is 81.2. The number of azo groups is 4. The van der Waals surface area contributed by atoms with Gasteiger partial charge >= 0.3 is 183 Å². The zero-order valence-electron chi connectivity index (χ0n) is 46.0. The Kier molecular flexibility index (Phi) is 29.8. The van der Waals surface area contributed by atoms with Crippen molar-refractivity contribution >= 4 is 134 Å². The molecule has 88 heavy (non-hydrogen) atoms. The van der Waals surface area contributed by atoms with Gasteiger partial charge in [0.2, 0.25) is 5.78 Å². The normalized spacial score (nSPS) is 13.0. The molecule has 0 fully saturated rings.